The van der Waals surface area contributed by atoms with Gasteiger partial charge in [-0.05, 0) is 24.6 Å². The van der Waals surface area contributed by atoms with Gasteiger partial charge in [0.15, 0.2) is 5.76 Å². The van der Waals surface area contributed by atoms with Crippen LogP contribution in [0.2, 0.25) is 0 Å². The van der Waals surface area contributed by atoms with Gasteiger partial charge in [0.2, 0.25) is 15.9 Å². The Balaban J connectivity index is 1.53. The van der Waals surface area contributed by atoms with E-state index in [2.05, 4.69) is 10.3 Å². The van der Waals surface area contributed by atoms with Crippen molar-refractivity contribution in [3.05, 3.63) is 84.4 Å². The quantitative estimate of drug-likeness (QED) is 0.326. The van der Waals surface area contributed by atoms with Crippen molar-refractivity contribution in [2.24, 2.45) is 0 Å². The van der Waals surface area contributed by atoms with Crippen LogP contribution in [0.1, 0.15) is 5.56 Å². The van der Waals surface area contributed by atoms with Crippen LogP contribution >= 0.6 is 11.8 Å². The summed E-state index contributed by atoms with van der Waals surface area (Å²) in [5.74, 6) is 0.392. The summed E-state index contributed by atoms with van der Waals surface area (Å²) in [6, 6.07) is 24.1. The second-order valence-electron chi connectivity index (χ2n) is 7.99. The molecule has 0 aliphatic rings. The van der Waals surface area contributed by atoms with Crippen molar-refractivity contribution in [2.75, 3.05) is 25.2 Å². The molecule has 0 unspecified atom stereocenters. The van der Waals surface area contributed by atoms with Crippen LogP contribution in [0.3, 0.4) is 0 Å². The number of sulfonamides is 1. The molecule has 9 heteroatoms. The lowest BCUT2D eigenvalue weighted by Crippen LogP contribution is -2.22. The third-order valence-corrected chi connectivity index (χ3v) is 7.92. The molecule has 0 saturated carbocycles. The molecular formula is C26H25N3O4S2. The normalized spacial score (nSPS) is 11.5. The van der Waals surface area contributed by atoms with E-state index in [4.69, 9.17) is 4.42 Å². The molecule has 4 aromatic rings. The predicted octanol–water partition coefficient (Wildman–Crippen LogP) is 5.30. The fraction of sp³-hybridized carbons (Fsp3) is 0.154. The predicted molar refractivity (Wildman–Crippen MR) is 139 cm³/mol. The number of aromatic nitrogens is 1. The van der Waals surface area contributed by atoms with Gasteiger partial charge in [-0.15, -0.1) is 0 Å². The summed E-state index contributed by atoms with van der Waals surface area (Å²) >= 11 is 1.18. The van der Waals surface area contributed by atoms with Gasteiger partial charge in [-0.25, -0.2) is 17.7 Å². The number of benzene rings is 3. The number of hydrogen-bond donors (Lipinski definition) is 1. The number of nitrogens with zero attached hydrogens (tertiary/aromatic N) is 2. The molecule has 0 radical (unpaired) electrons. The molecule has 0 atom stereocenters. The van der Waals surface area contributed by atoms with Crippen LogP contribution in [-0.2, 0) is 14.8 Å². The Morgan fingerprint density at radius 1 is 0.971 bits per heavy atom. The Hall–Kier alpha value is -3.40. The smallest absolute Gasteiger partial charge is 0.257 e. The average molecular weight is 508 g/mol. The van der Waals surface area contributed by atoms with Crippen molar-refractivity contribution in [2.45, 2.75) is 17.0 Å². The molecular weight excluding hydrogens is 482 g/mol. The summed E-state index contributed by atoms with van der Waals surface area (Å²) < 4.78 is 32.1. The van der Waals surface area contributed by atoms with Gasteiger partial charge in [0, 0.05) is 30.9 Å². The number of aryl methyl sites for hydroxylation is 1. The van der Waals surface area contributed by atoms with Crippen LogP contribution in [0.4, 0.5) is 5.69 Å². The van der Waals surface area contributed by atoms with E-state index in [-0.39, 0.29) is 16.6 Å². The lowest BCUT2D eigenvalue weighted by Gasteiger charge is -2.14. The lowest BCUT2D eigenvalue weighted by atomic mass is 10.1. The van der Waals surface area contributed by atoms with Gasteiger partial charge >= 0.3 is 0 Å². The van der Waals surface area contributed by atoms with Gasteiger partial charge in [0.05, 0.1) is 10.6 Å². The lowest BCUT2D eigenvalue weighted by molar-refractivity contribution is -0.113. The molecule has 180 valence electrons. The third-order valence-electron chi connectivity index (χ3n) is 5.28. The van der Waals surface area contributed by atoms with Crippen LogP contribution in [0.25, 0.3) is 22.6 Å². The summed E-state index contributed by atoms with van der Waals surface area (Å²) in [7, 11) is -0.678. The SMILES string of the molecule is Cc1ccc(S(=O)(=O)N(C)C)cc1NC(=O)CSc1nc(-c2ccccc2)c(-c2ccccc2)o1. The highest BCUT2D eigenvalue weighted by molar-refractivity contribution is 7.99. The summed E-state index contributed by atoms with van der Waals surface area (Å²) in [5, 5.41) is 3.18. The first-order valence-corrected chi connectivity index (χ1v) is 13.3. The Bertz CT molecular complexity index is 1380. The molecule has 0 saturated heterocycles. The minimum atomic E-state index is -3.61. The fourth-order valence-corrected chi connectivity index (χ4v) is 4.91. The van der Waals surface area contributed by atoms with Crippen LogP contribution in [-0.4, -0.2) is 43.5 Å². The van der Waals surface area contributed by atoms with E-state index in [1.165, 1.54) is 38.0 Å². The van der Waals surface area contributed by atoms with Crippen LogP contribution < -0.4 is 5.32 Å². The zero-order valence-electron chi connectivity index (χ0n) is 19.6. The molecule has 0 spiro atoms. The summed E-state index contributed by atoms with van der Waals surface area (Å²) in [6.45, 7) is 1.81. The number of carbonyl (C=O) groups is 1. The van der Waals surface area contributed by atoms with Gasteiger partial charge in [-0.2, -0.15) is 0 Å². The van der Waals surface area contributed by atoms with Gasteiger partial charge < -0.3 is 9.73 Å². The van der Waals surface area contributed by atoms with Gasteiger partial charge in [0.25, 0.3) is 5.22 Å². The third kappa shape index (κ3) is 5.64. The van der Waals surface area contributed by atoms with E-state index in [0.29, 0.717) is 22.4 Å². The van der Waals surface area contributed by atoms with Crippen LogP contribution in [0, 0.1) is 6.92 Å². The average Bonchev–Trinajstić information content (AvgIpc) is 3.29. The van der Waals surface area contributed by atoms with E-state index in [1.807, 2.05) is 60.7 Å². The molecule has 0 aliphatic carbocycles. The highest BCUT2D eigenvalue weighted by Crippen LogP contribution is 2.35. The van der Waals surface area contributed by atoms with Crippen molar-refractivity contribution < 1.29 is 17.6 Å². The molecule has 35 heavy (non-hydrogen) atoms. The van der Waals surface area contributed by atoms with E-state index in [0.717, 1.165) is 21.0 Å². The van der Waals surface area contributed by atoms with E-state index >= 15 is 0 Å². The monoisotopic (exact) mass is 507 g/mol. The highest BCUT2D eigenvalue weighted by atomic mass is 32.2. The van der Waals surface area contributed by atoms with E-state index in [9.17, 15) is 13.2 Å². The van der Waals surface area contributed by atoms with Gasteiger partial charge in [-0.3, -0.25) is 4.79 Å². The second-order valence-corrected chi connectivity index (χ2v) is 11.1. The summed E-state index contributed by atoms with van der Waals surface area (Å²) in [5.41, 5.74) is 3.72. The number of amides is 1. The minimum Gasteiger partial charge on any atom is -0.431 e. The molecule has 0 aliphatic heterocycles. The highest BCUT2D eigenvalue weighted by Gasteiger charge is 2.20. The fourth-order valence-electron chi connectivity index (χ4n) is 3.36. The van der Waals surface area contributed by atoms with Gasteiger partial charge in [0.1, 0.15) is 5.69 Å². The van der Waals surface area contributed by atoms with Crippen molar-refractivity contribution in [3.63, 3.8) is 0 Å². The van der Waals surface area contributed by atoms with Crippen LogP contribution in [0.5, 0.6) is 0 Å². The molecule has 3 aromatic carbocycles. The van der Waals surface area contributed by atoms with Crippen molar-refractivity contribution >= 4 is 33.4 Å². The molecule has 1 N–H and O–H groups in total. The number of carbonyl (C=O) groups excluding carboxylic acids is 1. The topological polar surface area (TPSA) is 92.5 Å². The zero-order valence-corrected chi connectivity index (χ0v) is 21.2. The van der Waals surface area contributed by atoms with Crippen molar-refractivity contribution in [1.29, 1.82) is 0 Å². The maximum Gasteiger partial charge on any atom is 0.257 e. The maximum atomic E-state index is 12.7. The minimum absolute atomic E-state index is 0.0487. The number of oxazole rings is 1. The number of nitrogens with one attached hydrogen (secondary N) is 1. The number of hydrogen-bond acceptors (Lipinski definition) is 6. The maximum absolute atomic E-state index is 12.7. The van der Waals surface area contributed by atoms with Gasteiger partial charge in [-0.1, -0.05) is 78.5 Å². The Morgan fingerprint density at radius 3 is 2.23 bits per heavy atom. The number of anilines is 1. The molecule has 0 bridgehead atoms. The molecule has 1 heterocycles. The molecule has 7 nitrogen and oxygen atoms in total. The molecule has 4 rings (SSSR count). The summed E-state index contributed by atoms with van der Waals surface area (Å²) in [6.07, 6.45) is 0. The zero-order chi connectivity index (χ0) is 25.0. The first-order valence-electron chi connectivity index (χ1n) is 10.8. The Labute approximate surface area is 209 Å². The second kappa shape index (κ2) is 10.5. The number of thioether (sulfide) groups is 1. The molecule has 1 aromatic heterocycles. The Morgan fingerprint density at radius 2 is 1.60 bits per heavy atom. The summed E-state index contributed by atoms with van der Waals surface area (Å²) in [4.78, 5) is 17.5. The first kappa shape index (κ1) is 24.7. The molecule has 0 fully saturated rings. The Kier molecular flexibility index (Phi) is 7.39. The van der Waals surface area contributed by atoms with Crippen LogP contribution in [0.15, 0.2) is 93.4 Å². The largest absolute Gasteiger partial charge is 0.431 e. The number of rotatable bonds is 8. The molecule has 1 amide bonds. The van der Waals surface area contributed by atoms with E-state index < -0.39 is 10.0 Å². The van der Waals surface area contributed by atoms with Crippen molar-refractivity contribution in [3.8, 4) is 22.6 Å². The standard InChI is InChI=1S/C26H25N3O4S2/c1-18-14-15-21(35(31,32)29(2)3)16-22(18)27-23(30)17-34-26-28-24(19-10-6-4-7-11-19)25(33-26)20-12-8-5-9-13-20/h4-16H,17H2,1-3H3,(H,27,30). The van der Waals surface area contributed by atoms with E-state index in [1.54, 1.807) is 13.0 Å². The van der Waals surface area contributed by atoms with Crippen molar-refractivity contribution in [1.82, 2.24) is 9.29 Å². The first-order chi connectivity index (χ1) is 16.8.